The van der Waals surface area contributed by atoms with Crippen LogP contribution in [-0.4, -0.2) is 20.5 Å². The smallest absolute Gasteiger partial charge is 0.184 e. The van der Waals surface area contributed by atoms with Gasteiger partial charge in [0.25, 0.3) is 0 Å². The minimum Gasteiger partial charge on any atom is -0.493 e. The van der Waals surface area contributed by atoms with E-state index in [0.717, 1.165) is 0 Å². The second-order valence-electron chi connectivity index (χ2n) is 2.62. The van der Waals surface area contributed by atoms with Gasteiger partial charge in [-0.25, -0.2) is 4.39 Å². The lowest BCUT2D eigenvalue weighted by Gasteiger charge is -2.12. The normalized spacial score (nSPS) is 11.9. The lowest BCUT2D eigenvalue weighted by atomic mass is 10.1. The fraction of sp³-hybridized carbons (Fsp3) is 0.300. The van der Waals surface area contributed by atoms with Gasteiger partial charge in [0.05, 0.1) is 14.2 Å². The van der Waals surface area contributed by atoms with E-state index in [9.17, 15) is 9.18 Å². The molecule has 76 valence electrons. The van der Waals surface area contributed by atoms with Crippen molar-refractivity contribution in [3.63, 3.8) is 0 Å². The van der Waals surface area contributed by atoms with E-state index in [0.29, 0.717) is 5.75 Å². The van der Waals surface area contributed by atoms with Gasteiger partial charge in [-0.2, -0.15) is 0 Å². The maximum absolute atomic E-state index is 13.1. The molecule has 0 saturated carbocycles. The molecule has 0 fully saturated rings. The summed E-state index contributed by atoms with van der Waals surface area (Å²) < 4.78 is 23.1. The molecular formula is C10H11FO3. The molecule has 0 amide bonds. The molecule has 0 radical (unpaired) electrons. The van der Waals surface area contributed by atoms with Crippen LogP contribution in [0, 0.1) is 0 Å². The number of hydrogen-bond donors (Lipinski definition) is 0. The van der Waals surface area contributed by atoms with Gasteiger partial charge in [0.1, 0.15) is 0 Å². The zero-order chi connectivity index (χ0) is 10.6. The van der Waals surface area contributed by atoms with E-state index in [1.807, 2.05) is 0 Å². The summed E-state index contributed by atoms with van der Waals surface area (Å²) in [4.78, 5) is 10.3. The van der Waals surface area contributed by atoms with Crippen LogP contribution in [-0.2, 0) is 4.79 Å². The second kappa shape index (κ2) is 4.60. The summed E-state index contributed by atoms with van der Waals surface area (Å²) in [6.07, 6.45) is -1.46. The molecule has 14 heavy (non-hydrogen) atoms. The molecule has 1 aromatic rings. The quantitative estimate of drug-likeness (QED) is 0.693. The summed E-state index contributed by atoms with van der Waals surface area (Å²) in [6.45, 7) is 0. The van der Waals surface area contributed by atoms with Gasteiger partial charge in [0.15, 0.2) is 24.0 Å². The van der Waals surface area contributed by atoms with E-state index in [1.54, 1.807) is 12.1 Å². The number of ether oxygens (including phenoxy) is 2. The molecular weight excluding hydrogens is 187 g/mol. The lowest BCUT2D eigenvalue weighted by molar-refractivity contribution is -0.112. The van der Waals surface area contributed by atoms with Crippen LogP contribution in [0.15, 0.2) is 18.2 Å². The standard InChI is InChI=1S/C10H11FO3/c1-13-9-5-3-4-7(8(11)6-12)10(9)14-2/h3-6,8H,1-2H3. The van der Waals surface area contributed by atoms with E-state index in [4.69, 9.17) is 9.47 Å². The molecule has 1 atom stereocenters. The molecule has 0 aliphatic rings. The molecule has 0 aliphatic carbocycles. The van der Waals surface area contributed by atoms with E-state index in [2.05, 4.69) is 0 Å². The molecule has 0 spiro atoms. The Morgan fingerprint density at radius 1 is 1.36 bits per heavy atom. The zero-order valence-corrected chi connectivity index (χ0v) is 7.99. The summed E-state index contributed by atoms with van der Waals surface area (Å²) in [5.74, 6) is 0.670. The van der Waals surface area contributed by atoms with E-state index < -0.39 is 6.17 Å². The van der Waals surface area contributed by atoms with Gasteiger partial charge < -0.3 is 9.47 Å². The van der Waals surface area contributed by atoms with Gasteiger partial charge in [-0.1, -0.05) is 12.1 Å². The average Bonchev–Trinajstić information content (AvgIpc) is 2.26. The van der Waals surface area contributed by atoms with Gasteiger partial charge in [0.2, 0.25) is 0 Å². The molecule has 1 aromatic carbocycles. The highest BCUT2D eigenvalue weighted by Crippen LogP contribution is 2.35. The number of benzene rings is 1. The molecule has 1 unspecified atom stereocenters. The third-order valence-corrected chi connectivity index (χ3v) is 1.85. The molecule has 0 aromatic heterocycles. The Balaban J connectivity index is 3.21. The topological polar surface area (TPSA) is 35.5 Å². The van der Waals surface area contributed by atoms with E-state index in [1.165, 1.54) is 20.3 Å². The Morgan fingerprint density at radius 2 is 2.07 bits per heavy atom. The maximum atomic E-state index is 13.1. The Labute approximate surface area is 81.4 Å². The number of aldehydes is 1. The second-order valence-corrected chi connectivity index (χ2v) is 2.62. The monoisotopic (exact) mass is 198 g/mol. The Hall–Kier alpha value is -1.58. The van der Waals surface area contributed by atoms with Crippen molar-refractivity contribution >= 4 is 6.29 Å². The third kappa shape index (κ3) is 1.84. The highest BCUT2D eigenvalue weighted by molar-refractivity contribution is 5.64. The van der Waals surface area contributed by atoms with Gasteiger partial charge in [-0.3, -0.25) is 4.79 Å². The van der Waals surface area contributed by atoms with Crippen molar-refractivity contribution in [2.24, 2.45) is 0 Å². The van der Waals surface area contributed by atoms with Crippen LogP contribution < -0.4 is 9.47 Å². The van der Waals surface area contributed by atoms with Crippen molar-refractivity contribution in [2.75, 3.05) is 14.2 Å². The fourth-order valence-electron chi connectivity index (χ4n) is 1.20. The van der Waals surface area contributed by atoms with Crippen LogP contribution >= 0.6 is 0 Å². The molecule has 0 heterocycles. The number of carbonyl (C=O) groups excluding carboxylic acids is 1. The summed E-state index contributed by atoms with van der Waals surface area (Å²) in [5.41, 5.74) is 0.182. The largest absolute Gasteiger partial charge is 0.493 e. The summed E-state index contributed by atoms with van der Waals surface area (Å²) >= 11 is 0. The van der Waals surface area contributed by atoms with Gasteiger partial charge in [-0.15, -0.1) is 0 Å². The lowest BCUT2D eigenvalue weighted by Crippen LogP contribution is -1.99. The number of hydrogen-bond acceptors (Lipinski definition) is 3. The number of carbonyl (C=O) groups is 1. The molecule has 0 aliphatic heterocycles. The van der Waals surface area contributed by atoms with Gasteiger partial charge in [-0.05, 0) is 6.07 Å². The minimum absolute atomic E-state index is 0.182. The zero-order valence-electron chi connectivity index (χ0n) is 7.99. The van der Waals surface area contributed by atoms with E-state index in [-0.39, 0.29) is 17.6 Å². The predicted octanol–water partition coefficient (Wildman–Crippen LogP) is 1.91. The highest BCUT2D eigenvalue weighted by atomic mass is 19.1. The van der Waals surface area contributed by atoms with Crippen LogP contribution in [0.3, 0.4) is 0 Å². The first-order valence-electron chi connectivity index (χ1n) is 4.04. The molecule has 1 rings (SSSR count). The first-order valence-corrected chi connectivity index (χ1v) is 4.04. The van der Waals surface area contributed by atoms with Crippen molar-refractivity contribution in [3.8, 4) is 11.5 Å². The van der Waals surface area contributed by atoms with Crippen LogP contribution in [0.2, 0.25) is 0 Å². The van der Waals surface area contributed by atoms with Crippen LogP contribution in [0.25, 0.3) is 0 Å². The Kier molecular flexibility index (Phi) is 3.45. The first kappa shape index (κ1) is 10.5. The number of rotatable bonds is 4. The van der Waals surface area contributed by atoms with Crippen LogP contribution in [0.1, 0.15) is 11.7 Å². The Morgan fingerprint density at radius 3 is 2.57 bits per heavy atom. The summed E-state index contributed by atoms with van der Waals surface area (Å²) in [6, 6.07) is 4.73. The third-order valence-electron chi connectivity index (χ3n) is 1.85. The van der Waals surface area contributed by atoms with Crippen molar-refractivity contribution in [3.05, 3.63) is 23.8 Å². The number of halogens is 1. The summed E-state index contributed by atoms with van der Waals surface area (Å²) in [5, 5.41) is 0. The fourth-order valence-corrected chi connectivity index (χ4v) is 1.20. The van der Waals surface area contributed by atoms with Crippen molar-refractivity contribution < 1.29 is 18.7 Å². The van der Waals surface area contributed by atoms with Crippen LogP contribution in [0.4, 0.5) is 4.39 Å². The van der Waals surface area contributed by atoms with Crippen molar-refractivity contribution in [1.82, 2.24) is 0 Å². The van der Waals surface area contributed by atoms with Crippen molar-refractivity contribution in [1.29, 1.82) is 0 Å². The summed E-state index contributed by atoms with van der Waals surface area (Å²) in [7, 11) is 2.86. The highest BCUT2D eigenvalue weighted by Gasteiger charge is 2.17. The minimum atomic E-state index is -1.68. The number of alkyl halides is 1. The molecule has 0 saturated heterocycles. The molecule has 0 bridgehead atoms. The SMILES string of the molecule is COc1cccc(C(F)C=O)c1OC. The Bertz CT molecular complexity index is 325. The van der Waals surface area contributed by atoms with Gasteiger partial charge >= 0.3 is 0 Å². The van der Waals surface area contributed by atoms with Gasteiger partial charge in [0, 0.05) is 5.56 Å². The van der Waals surface area contributed by atoms with Crippen LogP contribution in [0.5, 0.6) is 11.5 Å². The molecule has 3 nitrogen and oxygen atoms in total. The number of methoxy groups -OCH3 is 2. The molecule has 0 N–H and O–H groups in total. The predicted molar refractivity (Wildman–Crippen MR) is 49.5 cm³/mol. The number of para-hydroxylation sites is 1. The first-order chi connectivity index (χ1) is 6.74. The maximum Gasteiger partial charge on any atom is 0.184 e. The average molecular weight is 198 g/mol. The van der Waals surface area contributed by atoms with Crippen molar-refractivity contribution in [2.45, 2.75) is 6.17 Å². The van der Waals surface area contributed by atoms with E-state index >= 15 is 0 Å². The molecule has 4 heteroatoms.